The molecule has 0 heterocycles. The van der Waals surface area contributed by atoms with Crippen LogP contribution in [0.25, 0.3) is 0 Å². The fourth-order valence-electron chi connectivity index (χ4n) is 2.27. The Morgan fingerprint density at radius 1 is 0.808 bits per heavy atom. The van der Waals surface area contributed by atoms with Gasteiger partial charge < -0.3 is 14.8 Å². The third kappa shape index (κ3) is 5.36. The summed E-state index contributed by atoms with van der Waals surface area (Å²) in [5.41, 5.74) is 1.82. The molecule has 0 aliphatic carbocycles. The number of nitrogens with one attached hydrogen (secondary N) is 1. The van der Waals surface area contributed by atoms with Crippen molar-refractivity contribution in [3.8, 4) is 11.5 Å². The molecule has 0 saturated carbocycles. The molecular weight excluding hydrogens is 394 g/mol. The van der Waals surface area contributed by atoms with Crippen LogP contribution in [-0.4, -0.2) is 12.5 Å². The van der Waals surface area contributed by atoms with Crippen LogP contribution in [0.15, 0.2) is 83.3 Å². The smallest absolute Gasteiger partial charge is 0.262 e. The summed E-state index contributed by atoms with van der Waals surface area (Å²) in [5.74, 6) is 1.14. The Bertz CT molecular complexity index is 851. The van der Waals surface area contributed by atoms with Crippen molar-refractivity contribution in [1.82, 2.24) is 0 Å². The predicted molar refractivity (Wildman–Crippen MR) is 105 cm³/mol. The summed E-state index contributed by atoms with van der Waals surface area (Å²) >= 11 is 3.39. The number of carbonyl (C=O) groups is 1. The molecule has 0 spiro atoms. The Morgan fingerprint density at radius 2 is 1.42 bits per heavy atom. The van der Waals surface area contributed by atoms with E-state index in [1.54, 1.807) is 12.1 Å². The lowest BCUT2D eigenvalue weighted by Crippen LogP contribution is -2.20. The maximum Gasteiger partial charge on any atom is 0.262 e. The topological polar surface area (TPSA) is 47.6 Å². The van der Waals surface area contributed by atoms with Crippen molar-refractivity contribution in [3.63, 3.8) is 0 Å². The van der Waals surface area contributed by atoms with Crippen molar-refractivity contribution in [2.45, 2.75) is 6.61 Å². The van der Waals surface area contributed by atoms with Gasteiger partial charge in [-0.05, 0) is 57.9 Å². The average Bonchev–Trinajstić information content (AvgIpc) is 2.68. The number of amides is 1. The molecule has 0 atom stereocenters. The zero-order valence-corrected chi connectivity index (χ0v) is 15.6. The first-order chi connectivity index (χ1) is 12.7. The number of hydrogen-bond donors (Lipinski definition) is 1. The minimum absolute atomic E-state index is 0.0639. The molecular formula is C21H18BrNO3. The van der Waals surface area contributed by atoms with Gasteiger partial charge in [0.2, 0.25) is 0 Å². The van der Waals surface area contributed by atoms with E-state index in [4.69, 9.17) is 9.47 Å². The summed E-state index contributed by atoms with van der Waals surface area (Å²) in [7, 11) is 0. The average molecular weight is 412 g/mol. The molecule has 4 nitrogen and oxygen atoms in total. The summed E-state index contributed by atoms with van der Waals surface area (Å²) in [6.45, 7) is 0.445. The van der Waals surface area contributed by atoms with E-state index in [9.17, 15) is 4.79 Å². The van der Waals surface area contributed by atoms with E-state index >= 15 is 0 Å². The molecule has 3 aromatic carbocycles. The molecule has 0 aromatic heterocycles. The highest BCUT2D eigenvalue weighted by molar-refractivity contribution is 9.10. The number of rotatable bonds is 7. The number of benzene rings is 3. The van der Waals surface area contributed by atoms with E-state index in [2.05, 4.69) is 21.2 Å². The standard InChI is InChI=1S/C21H18BrNO3/c22-19-8-4-5-9-20(19)23-21(24)15-26-18-12-10-17(11-13-18)25-14-16-6-2-1-3-7-16/h1-13H,14-15H2,(H,23,24). The monoisotopic (exact) mass is 411 g/mol. The normalized spacial score (nSPS) is 10.2. The van der Waals surface area contributed by atoms with Crippen molar-refractivity contribution < 1.29 is 14.3 Å². The first-order valence-corrected chi connectivity index (χ1v) is 8.94. The van der Waals surface area contributed by atoms with Gasteiger partial charge in [0.1, 0.15) is 18.1 Å². The van der Waals surface area contributed by atoms with Gasteiger partial charge in [0.15, 0.2) is 6.61 Å². The third-order valence-corrected chi connectivity index (χ3v) is 4.28. The van der Waals surface area contributed by atoms with Gasteiger partial charge in [-0.1, -0.05) is 42.5 Å². The molecule has 3 rings (SSSR count). The van der Waals surface area contributed by atoms with Crippen LogP contribution >= 0.6 is 15.9 Å². The Morgan fingerprint density at radius 3 is 2.12 bits per heavy atom. The Labute approximate surface area is 160 Å². The molecule has 0 fully saturated rings. The number of halogens is 1. The molecule has 0 aliphatic rings. The Kier molecular flexibility index (Phi) is 6.28. The van der Waals surface area contributed by atoms with Gasteiger partial charge in [-0.2, -0.15) is 0 Å². The molecule has 0 saturated heterocycles. The lowest BCUT2D eigenvalue weighted by Gasteiger charge is -2.10. The van der Waals surface area contributed by atoms with E-state index in [0.717, 1.165) is 15.8 Å². The lowest BCUT2D eigenvalue weighted by molar-refractivity contribution is -0.118. The summed E-state index contributed by atoms with van der Waals surface area (Å²) in [6, 6.07) is 24.6. The maximum atomic E-state index is 12.0. The quantitative estimate of drug-likeness (QED) is 0.591. The number of hydrogen-bond acceptors (Lipinski definition) is 3. The highest BCUT2D eigenvalue weighted by Crippen LogP contribution is 2.21. The number of para-hydroxylation sites is 1. The van der Waals surface area contributed by atoms with Crippen LogP contribution in [-0.2, 0) is 11.4 Å². The maximum absolute atomic E-state index is 12.0. The van der Waals surface area contributed by atoms with Crippen LogP contribution in [0, 0.1) is 0 Å². The zero-order valence-electron chi connectivity index (χ0n) is 14.0. The second-order valence-electron chi connectivity index (χ2n) is 5.56. The van der Waals surface area contributed by atoms with Gasteiger partial charge in [0.25, 0.3) is 5.91 Å². The second kappa shape index (κ2) is 9.06. The molecule has 5 heteroatoms. The predicted octanol–water partition coefficient (Wildman–Crippen LogP) is 5.05. The Balaban J connectivity index is 1.46. The Hall–Kier alpha value is -2.79. The van der Waals surface area contributed by atoms with Crippen molar-refractivity contribution in [3.05, 3.63) is 88.9 Å². The van der Waals surface area contributed by atoms with E-state index in [-0.39, 0.29) is 12.5 Å². The van der Waals surface area contributed by atoms with Gasteiger partial charge in [0.05, 0.1) is 5.69 Å². The van der Waals surface area contributed by atoms with Crippen molar-refractivity contribution in [2.75, 3.05) is 11.9 Å². The van der Waals surface area contributed by atoms with Crippen LogP contribution in [0.3, 0.4) is 0 Å². The minimum atomic E-state index is -0.221. The van der Waals surface area contributed by atoms with Crippen molar-refractivity contribution in [1.29, 1.82) is 0 Å². The van der Waals surface area contributed by atoms with E-state index in [0.29, 0.717) is 18.0 Å². The molecule has 26 heavy (non-hydrogen) atoms. The molecule has 132 valence electrons. The van der Waals surface area contributed by atoms with Crippen molar-refractivity contribution in [2.24, 2.45) is 0 Å². The van der Waals surface area contributed by atoms with Crippen LogP contribution in [0.1, 0.15) is 5.56 Å². The molecule has 0 radical (unpaired) electrons. The van der Waals surface area contributed by atoms with Gasteiger partial charge >= 0.3 is 0 Å². The summed E-state index contributed by atoms with van der Waals surface area (Å²) < 4.78 is 12.1. The second-order valence-corrected chi connectivity index (χ2v) is 6.42. The highest BCUT2D eigenvalue weighted by Gasteiger charge is 2.06. The van der Waals surface area contributed by atoms with Gasteiger partial charge in [-0.3, -0.25) is 4.79 Å². The van der Waals surface area contributed by atoms with E-state index in [1.165, 1.54) is 0 Å². The first kappa shape index (κ1) is 18.0. The number of carbonyl (C=O) groups excluding carboxylic acids is 1. The SMILES string of the molecule is O=C(COc1ccc(OCc2ccccc2)cc1)Nc1ccccc1Br. The summed E-state index contributed by atoms with van der Waals surface area (Å²) in [5, 5.41) is 2.79. The van der Waals surface area contributed by atoms with Crippen LogP contribution in [0.4, 0.5) is 5.69 Å². The van der Waals surface area contributed by atoms with Crippen LogP contribution < -0.4 is 14.8 Å². The van der Waals surface area contributed by atoms with Gasteiger partial charge in [-0.25, -0.2) is 0 Å². The number of ether oxygens (including phenoxy) is 2. The largest absolute Gasteiger partial charge is 0.489 e. The molecule has 1 N–H and O–H groups in total. The van der Waals surface area contributed by atoms with Crippen LogP contribution in [0.5, 0.6) is 11.5 Å². The number of anilines is 1. The zero-order chi connectivity index (χ0) is 18.2. The minimum Gasteiger partial charge on any atom is -0.489 e. The van der Waals surface area contributed by atoms with Gasteiger partial charge in [-0.15, -0.1) is 0 Å². The van der Waals surface area contributed by atoms with Crippen molar-refractivity contribution >= 4 is 27.5 Å². The first-order valence-electron chi connectivity index (χ1n) is 8.15. The lowest BCUT2D eigenvalue weighted by atomic mass is 10.2. The van der Waals surface area contributed by atoms with Gasteiger partial charge in [0, 0.05) is 4.47 Å². The molecule has 0 aliphatic heterocycles. The van der Waals surface area contributed by atoms with Crippen LogP contribution in [0.2, 0.25) is 0 Å². The molecule has 3 aromatic rings. The molecule has 0 unspecified atom stereocenters. The summed E-state index contributed by atoms with van der Waals surface area (Å²) in [4.78, 5) is 12.0. The van der Waals surface area contributed by atoms with E-state index < -0.39 is 0 Å². The third-order valence-electron chi connectivity index (χ3n) is 3.59. The molecule has 1 amide bonds. The molecule has 0 bridgehead atoms. The highest BCUT2D eigenvalue weighted by atomic mass is 79.9. The van der Waals surface area contributed by atoms with E-state index in [1.807, 2.05) is 66.7 Å². The summed E-state index contributed by atoms with van der Waals surface area (Å²) in [6.07, 6.45) is 0. The fourth-order valence-corrected chi connectivity index (χ4v) is 2.65. The fraction of sp³-hybridized carbons (Fsp3) is 0.0952.